The van der Waals surface area contributed by atoms with Crippen molar-refractivity contribution in [2.75, 3.05) is 28.2 Å². The zero-order valence-electron chi connectivity index (χ0n) is 5.72. The van der Waals surface area contributed by atoms with E-state index in [2.05, 4.69) is 53.0 Å². The Morgan fingerprint density at radius 1 is 1.00 bits per heavy atom. The monoisotopic (exact) mass is 198 g/mol. The van der Waals surface area contributed by atoms with Gasteiger partial charge >= 0.3 is 0 Å². The van der Waals surface area contributed by atoms with Crippen LogP contribution in [-0.2, 0) is 0 Å². The molecule has 0 heterocycles. The quantitative estimate of drug-likeness (QED) is 0.625. The Bertz CT molecular complexity index is 59.1. The van der Waals surface area contributed by atoms with Crippen LogP contribution in [0, 0.1) is 0 Å². The molecule has 0 spiro atoms. The number of rotatable bonds is 2. The minimum atomic E-state index is -0.219. The number of hydrogen-bond donors (Lipinski definition) is 0. The first-order valence-electron chi connectivity index (χ1n) is 2.36. The van der Waals surface area contributed by atoms with Gasteiger partial charge in [0.05, 0.1) is 0 Å². The van der Waals surface area contributed by atoms with E-state index in [9.17, 15) is 0 Å². The third-order valence-corrected chi connectivity index (χ3v) is 5.79. The van der Waals surface area contributed by atoms with Crippen molar-refractivity contribution in [2.45, 2.75) is 0 Å². The van der Waals surface area contributed by atoms with E-state index >= 15 is 0 Å². The highest BCUT2D eigenvalue weighted by atomic mass is 79.9. The van der Waals surface area contributed by atoms with Gasteiger partial charge in [-0.3, -0.25) is 9.34 Å². The third-order valence-electron chi connectivity index (χ3n) is 0.660. The van der Waals surface area contributed by atoms with Gasteiger partial charge in [-0.2, -0.15) is 0 Å². The summed E-state index contributed by atoms with van der Waals surface area (Å²) in [5.74, 6) is 0. The fourth-order valence-electron chi connectivity index (χ4n) is 0.358. The molecule has 2 nitrogen and oxygen atoms in total. The zero-order valence-corrected chi connectivity index (χ0v) is 8.20. The summed E-state index contributed by atoms with van der Waals surface area (Å²) in [5, 5.41) is 0. The van der Waals surface area contributed by atoms with Crippen LogP contribution in [0.3, 0.4) is 0 Å². The van der Waals surface area contributed by atoms with Crippen LogP contribution in [0.1, 0.15) is 0 Å². The molecular formula is C4H12BrN2P. The molecule has 0 amide bonds. The topological polar surface area (TPSA) is 6.48 Å². The molecule has 0 aliphatic rings. The summed E-state index contributed by atoms with van der Waals surface area (Å²) in [7, 11) is 8.22. The van der Waals surface area contributed by atoms with E-state index in [1.165, 1.54) is 0 Å². The summed E-state index contributed by atoms with van der Waals surface area (Å²) in [4.78, 5) is 0. The van der Waals surface area contributed by atoms with Crippen LogP contribution in [0.2, 0.25) is 0 Å². The highest BCUT2D eigenvalue weighted by Crippen LogP contribution is 2.47. The normalized spacial score (nSPS) is 12.0. The van der Waals surface area contributed by atoms with E-state index in [1.807, 2.05) is 0 Å². The second-order valence-electron chi connectivity index (χ2n) is 1.94. The summed E-state index contributed by atoms with van der Waals surface area (Å²) in [6.07, 6.45) is 0. The first kappa shape index (κ1) is 8.83. The van der Waals surface area contributed by atoms with E-state index in [1.54, 1.807) is 0 Å². The summed E-state index contributed by atoms with van der Waals surface area (Å²) < 4.78 is 4.30. The van der Waals surface area contributed by atoms with Crippen molar-refractivity contribution in [3.05, 3.63) is 0 Å². The first-order chi connectivity index (χ1) is 3.55. The van der Waals surface area contributed by atoms with Crippen molar-refractivity contribution in [1.82, 2.24) is 9.34 Å². The lowest BCUT2D eigenvalue weighted by atomic mass is 11.3. The molecular weight excluding hydrogens is 187 g/mol. The van der Waals surface area contributed by atoms with Crippen LogP contribution in [-0.4, -0.2) is 37.5 Å². The average molecular weight is 199 g/mol. The molecule has 0 unspecified atom stereocenters. The second kappa shape index (κ2) is 3.78. The average Bonchev–Trinajstić information content (AvgIpc) is 1.64. The van der Waals surface area contributed by atoms with Crippen LogP contribution in [0.5, 0.6) is 0 Å². The maximum Gasteiger partial charge on any atom is 0.112 e. The van der Waals surface area contributed by atoms with Gasteiger partial charge in [0, 0.05) is 0 Å². The van der Waals surface area contributed by atoms with Crippen LogP contribution >= 0.6 is 22.4 Å². The van der Waals surface area contributed by atoms with Gasteiger partial charge in [0.15, 0.2) is 0 Å². The number of nitrogens with zero attached hydrogens (tertiary/aromatic N) is 2. The predicted octanol–water partition coefficient (Wildman–Crippen LogP) is 1.73. The molecule has 0 aromatic rings. The molecule has 0 bridgehead atoms. The lowest BCUT2D eigenvalue weighted by Gasteiger charge is -2.23. The summed E-state index contributed by atoms with van der Waals surface area (Å²) >= 11 is 3.52. The van der Waals surface area contributed by atoms with Gasteiger partial charge in [-0.05, 0) is 43.7 Å². The number of halogens is 1. The highest BCUT2D eigenvalue weighted by molar-refractivity contribution is 9.38. The van der Waals surface area contributed by atoms with Crippen LogP contribution in [0.4, 0.5) is 0 Å². The molecule has 8 heavy (non-hydrogen) atoms. The van der Waals surface area contributed by atoms with E-state index in [0.717, 1.165) is 0 Å². The molecule has 0 saturated carbocycles. The summed E-state index contributed by atoms with van der Waals surface area (Å²) in [6, 6.07) is 0. The van der Waals surface area contributed by atoms with E-state index < -0.39 is 0 Å². The summed E-state index contributed by atoms with van der Waals surface area (Å²) in [6.45, 7) is -0.219. The Hall–Kier alpha value is 0.830. The van der Waals surface area contributed by atoms with E-state index in [0.29, 0.717) is 0 Å². The standard InChI is InChI=1S/C4H12BrN2P/c1-6(2)8(5)7(3)4/h1-4H3. The van der Waals surface area contributed by atoms with Gasteiger partial charge in [-0.15, -0.1) is 0 Å². The molecule has 0 fully saturated rings. The predicted molar refractivity (Wildman–Crippen MR) is 43.2 cm³/mol. The Morgan fingerprint density at radius 2 is 1.25 bits per heavy atom. The van der Waals surface area contributed by atoms with Crippen molar-refractivity contribution in [1.29, 1.82) is 0 Å². The van der Waals surface area contributed by atoms with Gasteiger partial charge in [0.2, 0.25) is 0 Å². The fourth-order valence-corrected chi connectivity index (χ4v) is 1.07. The van der Waals surface area contributed by atoms with Gasteiger partial charge in [-0.1, -0.05) is 0 Å². The maximum absolute atomic E-state index is 3.52. The van der Waals surface area contributed by atoms with E-state index in [-0.39, 0.29) is 6.93 Å². The lowest BCUT2D eigenvalue weighted by molar-refractivity contribution is 0.592. The molecule has 0 radical (unpaired) electrons. The van der Waals surface area contributed by atoms with Crippen molar-refractivity contribution < 1.29 is 0 Å². The van der Waals surface area contributed by atoms with Crippen LogP contribution in [0.15, 0.2) is 0 Å². The Kier molecular flexibility index (Phi) is 4.17. The minimum absolute atomic E-state index is 0.219. The van der Waals surface area contributed by atoms with Gasteiger partial charge in [0.1, 0.15) is 6.93 Å². The molecule has 4 heteroatoms. The van der Waals surface area contributed by atoms with Crippen molar-refractivity contribution in [3.63, 3.8) is 0 Å². The zero-order chi connectivity index (χ0) is 6.73. The molecule has 0 saturated heterocycles. The largest absolute Gasteiger partial charge is 0.267 e. The third kappa shape index (κ3) is 2.98. The molecule has 0 aliphatic carbocycles. The van der Waals surface area contributed by atoms with Crippen LogP contribution in [0.25, 0.3) is 0 Å². The second-order valence-corrected chi connectivity index (χ2v) is 5.92. The maximum atomic E-state index is 3.52. The van der Waals surface area contributed by atoms with Crippen LogP contribution < -0.4 is 0 Å². The molecule has 0 N–H and O–H groups in total. The van der Waals surface area contributed by atoms with Gasteiger partial charge in [-0.25, -0.2) is 0 Å². The van der Waals surface area contributed by atoms with Crippen molar-refractivity contribution >= 4 is 22.4 Å². The molecule has 50 valence electrons. The molecule has 0 aromatic heterocycles. The Labute approximate surface area is 60.4 Å². The number of hydrogen-bond acceptors (Lipinski definition) is 2. The van der Waals surface area contributed by atoms with E-state index in [4.69, 9.17) is 0 Å². The summed E-state index contributed by atoms with van der Waals surface area (Å²) in [5.41, 5.74) is 0. The highest BCUT2D eigenvalue weighted by Gasteiger charge is 2.06. The van der Waals surface area contributed by atoms with Crippen molar-refractivity contribution in [3.8, 4) is 0 Å². The molecule has 0 rings (SSSR count). The minimum Gasteiger partial charge on any atom is -0.267 e. The Balaban J connectivity index is 3.46. The molecule has 0 atom stereocenters. The lowest BCUT2D eigenvalue weighted by Crippen LogP contribution is -2.12. The smallest absolute Gasteiger partial charge is 0.112 e. The first-order valence-corrected chi connectivity index (χ1v) is 5.62. The SMILES string of the molecule is CN(C)P(Br)N(C)C. The van der Waals surface area contributed by atoms with Crippen molar-refractivity contribution in [2.24, 2.45) is 0 Å². The van der Waals surface area contributed by atoms with Gasteiger partial charge < -0.3 is 0 Å². The Morgan fingerprint density at radius 3 is 1.25 bits per heavy atom. The fraction of sp³-hybridized carbons (Fsp3) is 1.00. The molecule has 0 aliphatic heterocycles. The molecule has 0 aromatic carbocycles. The van der Waals surface area contributed by atoms with Gasteiger partial charge in [0.25, 0.3) is 0 Å².